The van der Waals surface area contributed by atoms with Crippen molar-refractivity contribution < 1.29 is 24.5 Å². The first kappa shape index (κ1) is 17.2. The number of rotatable bonds is 7. The van der Waals surface area contributed by atoms with Crippen LogP contribution in [-0.4, -0.2) is 67.1 Å². The van der Waals surface area contributed by atoms with Gasteiger partial charge in [-0.1, -0.05) is 0 Å². The molecule has 2 saturated heterocycles. The van der Waals surface area contributed by atoms with Gasteiger partial charge < -0.3 is 24.6 Å². The van der Waals surface area contributed by atoms with Crippen molar-refractivity contribution in [2.45, 2.75) is 12.8 Å². The molecule has 0 bridgehead atoms. The molecule has 1 aromatic carbocycles. The Bertz CT molecular complexity index is 561. The molecule has 2 aliphatic heterocycles. The molecule has 0 amide bonds. The van der Waals surface area contributed by atoms with Crippen LogP contribution in [0.15, 0.2) is 24.3 Å². The van der Waals surface area contributed by atoms with E-state index in [-0.39, 0.29) is 17.6 Å². The summed E-state index contributed by atoms with van der Waals surface area (Å²) in [6, 6.07) is 6.47. The van der Waals surface area contributed by atoms with Gasteiger partial charge in [-0.25, -0.2) is 4.79 Å². The van der Waals surface area contributed by atoms with E-state index in [1.165, 1.54) is 0 Å². The second-order valence-corrected chi connectivity index (χ2v) is 6.81. The smallest absolute Gasteiger partial charge is 0.335 e. The molecule has 132 valence electrons. The number of aliphatic hydroxyl groups excluding tert-OH is 1. The maximum atomic E-state index is 10.8. The summed E-state index contributed by atoms with van der Waals surface area (Å²) in [6.07, 6.45) is 1.84. The molecule has 2 heterocycles. The lowest BCUT2D eigenvalue weighted by atomic mass is 9.75. The lowest BCUT2D eigenvalue weighted by Gasteiger charge is -2.36. The normalized spacial score (nSPS) is 27.0. The Labute approximate surface area is 142 Å². The average Bonchev–Trinajstić information content (AvgIpc) is 2.98. The third kappa shape index (κ3) is 3.71. The standard InChI is InChI=1S/C18H25NO5/c20-13-18-6-9-23-11-15(18)10-19(12-18)7-1-8-24-16-4-2-14(3-5-16)17(21)22/h2-5,15,20H,1,6-13H2,(H,21,22)/t15-,18-/m1/s1. The minimum atomic E-state index is -0.932. The Morgan fingerprint density at radius 2 is 2.17 bits per heavy atom. The van der Waals surface area contributed by atoms with Crippen molar-refractivity contribution in [1.29, 1.82) is 0 Å². The number of carbonyl (C=O) groups is 1. The molecule has 2 aliphatic rings. The zero-order valence-electron chi connectivity index (χ0n) is 13.8. The topological polar surface area (TPSA) is 79.2 Å². The van der Waals surface area contributed by atoms with E-state index in [4.69, 9.17) is 14.6 Å². The number of ether oxygens (including phenoxy) is 2. The summed E-state index contributed by atoms with van der Waals surface area (Å²) in [5.74, 6) is 0.190. The molecule has 3 rings (SSSR count). The predicted molar refractivity (Wildman–Crippen MR) is 88.4 cm³/mol. The summed E-state index contributed by atoms with van der Waals surface area (Å²) >= 11 is 0. The number of aliphatic hydroxyl groups is 1. The number of hydrogen-bond donors (Lipinski definition) is 2. The van der Waals surface area contributed by atoms with Gasteiger partial charge >= 0.3 is 5.97 Å². The molecule has 0 unspecified atom stereocenters. The van der Waals surface area contributed by atoms with Gasteiger partial charge in [-0.05, 0) is 37.1 Å². The van der Waals surface area contributed by atoms with E-state index >= 15 is 0 Å². The van der Waals surface area contributed by atoms with Crippen molar-refractivity contribution in [3.8, 4) is 5.75 Å². The van der Waals surface area contributed by atoms with Gasteiger partial charge in [-0.3, -0.25) is 0 Å². The number of nitrogens with zero attached hydrogens (tertiary/aromatic N) is 1. The van der Waals surface area contributed by atoms with Crippen LogP contribution < -0.4 is 4.74 Å². The van der Waals surface area contributed by atoms with Crippen LogP contribution in [0.4, 0.5) is 0 Å². The molecule has 1 aromatic rings. The second-order valence-electron chi connectivity index (χ2n) is 6.81. The molecular formula is C18H25NO5. The maximum Gasteiger partial charge on any atom is 0.335 e. The number of fused-ring (bicyclic) bond motifs is 1. The third-order valence-electron chi connectivity index (χ3n) is 5.25. The summed E-state index contributed by atoms with van der Waals surface area (Å²) in [6.45, 7) is 5.19. The molecule has 2 N–H and O–H groups in total. The highest BCUT2D eigenvalue weighted by Crippen LogP contribution is 2.41. The van der Waals surface area contributed by atoms with Crippen molar-refractivity contribution in [2.24, 2.45) is 11.3 Å². The largest absolute Gasteiger partial charge is 0.494 e. The van der Waals surface area contributed by atoms with E-state index in [1.54, 1.807) is 24.3 Å². The van der Waals surface area contributed by atoms with Crippen LogP contribution >= 0.6 is 0 Å². The fourth-order valence-electron chi connectivity index (χ4n) is 3.76. The molecule has 2 atom stereocenters. The van der Waals surface area contributed by atoms with Crippen LogP contribution in [0.1, 0.15) is 23.2 Å². The number of aromatic carboxylic acids is 1. The van der Waals surface area contributed by atoms with E-state index < -0.39 is 5.97 Å². The van der Waals surface area contributed by atoms with E-state index in [9.17, 15) is 9.90 Å². The maximum absolute atomic E-state index is 10.8. The first-order valence-electron chi connectivity index (χ1n) is 8.50. The average molecular weight is 335 g/mol. The summed E-state index contributed by atoms with van der Waals surface area (Å²) in [4.78, 5) is 13.2. The van der Waals surface area contributed by atoms with Crippen molar-refractivity contribution in [1.82, 2.24) is 4.90 Å². The lowest BCUT2D eigenvalue weighted by molar-refractivity contribution is -0.0416. The molecule has 0 spiro atoms. The van der Waals surface area contributed by atoms with Gasteiger partial charge in [-0.2, -0.15) is 0 Å². The van der Waals surface area contributed by atoms with Gasteiger partial charge in [0.15, 0.2) is 0 Å². The number of carboxylic acids is 1. The minimum Gasteiger partial charge on any atom is -0.494 e. The predicted octanol–water partition coefficient (Wildman–Crippen LogP) is 1.48. The van der Waals surface area contributed by atoms with E-state index in [2.05, 4.69) is 4.90 Å². The number of likely N-dealkylation sites (tertiary alicyclic amines) is 1. The number of carboxylic acid groups (broad SMARTS) is 1. The van der Waals surface area contributed by atoms with Crippen LogP contribution in [0.25, 0.3) is 0 Å². The highest BCUT2D eigenvalue weighted by atomic mass is 16.5. The molecule has 2 fully saturated rings. The fourth-order valence-corrected chi connectivity index (χ4v) is 3.76. The van der Waals surface area contributed by atoms with Gasteiger partial charge in [0.05, 0.1) is 25.4 Å². The second kappa shape index (κ2) is 7.51. The highest BCUT2D eigenvalue weighted by Gasteiger charge is 2.47. The van der Waals surface area contributed by atoms with Crippen LogP contribution in [-0.2, 0) is 4.74 Å². The zero-order chi connectivity index (χ0) is 17.0. The van der Waals surface area contributed by atoms with Crippen LogP contribution in [0, 0.1) is 11.3 Å². The molecular weight excluding hydrogens is 310 g/mol. The Balaban J connectivity index is 1.41. The monoisotopic (exact) mass is 335 g/mol. The van der Waals surface area contributed by atoms with Gasteiger partial charge in [-0.15, -0.1) is 0 Å². The SMILES string of the molecule is O=C(O)c1ccc(OCCCN2C[C@@H]3COCC[C@]3(CO)C2)cc1. The van der Waals surface area contributed by atoms with Gasteiger partial charge in [0.2, 0.25) is 0 Å². The van der Waals surface area contributed by atoms with E-state index in [0.29, 0.717) is 18.3 Å². The summed E-state index contributed by atoms with van der Waals surface area (Å²) in [5, 5.41) is 18.7. The molecule has 0 saturated carbocycles. The van der Waals surface area contributed by atoms with E-state index in [1.807, 2.05) is 0 Å². The molecule has 6 heteroatoms. The van der Waals surface area contributed by atoms with Crippen LogP contribution in [0.2, 0.25) is 0 Å². The first-order chi connectivity index (χ1) is 11.6. The summed E-state index contributed by atoms with van der Waals surface area (Å²) in [5.41, 5.74) is 0.282. The first-order valence-corrected chi connectivity index (χ1v) is 8.50. The Hall–Kier alpha value is -1.63. The Kier molecular flexibility index (Phi) is 5.38. The van der Waals surface area contributed by atoms with Gasteiger partial charge in [0.1, 0.15) is 5.75 Å². The van der Waals surface area contributed by atoms with Crippen molar-refractivity contribution in [2.75, 3.05) is 46.1 Å². The van der Waals surface area contributed by atoms with Crippen molar-refractivity contribution in [3.05, 3.63) is 29.8 Å². The molecule has 24 heavy (non-hydrogen) atoms. The lowest BCUT2D eigenvalue weighted by Crippen LogP contribution is -2.41. The molecule has 6 nitrogen and oxygen atoms in total. The quantitative estimate of drug-likeness (QED) is 0.735. The molecule has 0 aliphatic carbocycles. The van der Waals surface area contributed by atoms with Gasteiger partial charge in [0.25, 0.3) is 0 Å². The van der Waals surface area contributed by atoms with Gasteiger partial charge in [0, 0.05) is 37.6 Å². The zero-order valence-corrected chi connectivity index (χ0v) is 13.8. The molecule has 0 aromatic heterocycles. The van der Waals surface area contributed by atoms with Crippen LogP contribution in [0.5, 0.6) is 5.75 Å². The molecule has 0 radical (unpaired) electrons. The number of benzene rings is 1. The summed E-state index contributed by atoms with van der Waals surface area (Å²) in [7, 11) is 0. The highest BCUT2D eigenvalue weighted by molar-refractivity contribution is 5.87. The Morgan fingerprint density at radius 1 is 1.38 bits per heavy atom. The Morgan fingerprint density at radius 3 is 2.83 bits per heavy atom. The number of hydrogen-bond acceptors (Lipinski definition) is 5. The van der Waals surface area contributed by atoms with Crippen molar-refractivity contribution >= 4 is 5.97 Å². The van der Waals surface area contributed by atoms with Crippen molar-refractivity contribution in [3.63, 3.8) is 0 Å². The fraction of sp³-hybridized carbons (Fsp3) is 0.611. The summed E-state index contributed by atoms with van der Waals surface area (Å²) < 4.78 is 11.2. The minimum absolute atomic E-state index is 0.0196. The third-order valence-corrected chi connectivity index (χ3v) is 5.25. The van der Waals surface area contributed by atoms with Crippen LogP contribution in [0.3, 0.4) is 0 Å². The van der Waals surface area contributed by atoms with E-state index in [0.717, 1.165) is 45.7 Å².